The van der Waals surface area contributed by atoms with Crippen LogP contribution in [0.2, 0.25) is 0 Å². The van der Waals surface area contributed by atoms with Gasteiger partial charge in [0.1, 0.15) is 17.3 Å². The summed E-state index contributed by atoms with van der Waals surface area (Å²) in [6.07, 6.45) is 3.78. The number of hydrogen-bond donors (Lipinski definition) is 0. The van der Waals surface area contributed by atoms with Crippen molar-refractivity contribution >= 4 is 5.91 Å². The van der Waals surface area contributed by atoms with Crippen LogP contribution in [0.15, 0.2) is 28.8 Å². The molecule has 1 aromatic heterocycles. The number of fused-ring (bicyclic) bond motifs is 1. The van der Waals surface area contributed by atoms with Gasteiger partial charge in [-0.05, 0) is 36.8 Å². The summed E-state index contributed by atoms with van der Waals surface area (Å²) >= 11 is 0. The quantitative estimate of drug-likeness (QED) is 0.837. The number of amides is 1. The molecule has 1 amide bonds. The molecule has 0 N–H and O–H groups in total. The molecule has 0 spiro atoms. The third kappa shape index (κ3) is 2.66. The minimum Gasteiger partial charge on any atom is -0.360 e. The van der Waals surface area contributed by atoms with E-state index < -0.39 is 0 Å². The van der Waals surface area contributed by atoms with E-state index in [1.54, 1.807) is 6.07 Å². The second kappa shape index (κ2) is 5.97. The highest BCUT2D eigenvalue weighted by atomic mass is 19.1. The lowest BCUT2D eigenvalue weighted by atomic mass is 9.95. The van der Waals surface area contributed by atoms with E-state index in [0.29, 0.717) is 30.8 Å². The van der Waals surface area contributed by atoms with Crippen molar-refractivity contribution in [2.45, 2.75) is 46.1 Å². The SMILES string of the molecule is CCC1(CC)C[C@@H]1C(=O)N1CCc2onc(-c3cccc(F)c3)c2C1. The smallest absolute Gasteiger partial charge is 0.226 e. The van der Waals surface area contributed by atoms with E-state index in [1.165, 1.54) is 12.1 Å². The molecule has 2 aliphatic rings. The first-order chi connectivity index (χ1) is 12.1. The average molecular weight is 342 g/mol. The number of halogens is 1. The van der Waals surface area contributed by atoms with E-state index in [0.717, 1.165) is 30.6 Å². The Morgan fingerprint density at radius 1 is 1.40 bits per heavy atom. The van der Waals surface area contributed by atoms with Crippen LogP contribution < -0.4 is 0 Å². The Labute approximate surface area is 147 Å². The molecule has 4 rings (SSSR count). The van der Waals surface area contributed by atoms with Crippen LogP contribution in [0.1, 0.15) is 44.4 Å². The molecule has 1 aliphatic carbocycles. The van der Waals surface area contributed by atoms with Gasteiger partial charge in [0.15, 0.2) is 0 Å². The van der Waals surface area contributed by atoms with Crippen molar-refractivity contribution in [2.75, 3.05) is 6.54 Å². The fourth-order valence-corrected chi connectivity index (χ4v) is 4.21. The zero-order valence-electron chi connectivity index (χ0n) is 14.7. The second-order valence-electron chi connectivity index (χ2n) is 7.28. The maximum absolute atomic E-state index is 13.6. The molecule has 1 saturated carbocycles. The van der Waals surface area contributed by atoms with Gasteiger partial charge in [-0.2, -0.15) is 0 Å². The topological polar surface area (TPSA) is 46.3 Å². The summed E-state index contributed by atoms with van der Waals surface area (Å²) in [6, 6.07) is 6.35. The molecule has 1 aromatic carbocycles. The second-order valence-corrected chi connectivity index (χ2v) is 7.28. The zero-order chi connectivity index (χ0) is 17.6. The molecule has 0 unspecified atom stereocenters. The van der Waals surface area contributed by atoms with Crippen LogP contribution in [-0.2, 0) is 17.8 Å². The van der Waals surface area contributed by atoms with E-state index in [1.807, 2.05) is 11.0 Å². The van der Waals surface area contributed by atoms with Crippen molar-refractivity contribution in [1.82, 2.24) is 10.1 Å². The molecule has 0 saturated heterocycles. The summed E-state index contributed by atoms with van der Waals surface area (Å²) in [7, 11) is 0. The molecule has 5 heteroatoms. The van der Waals surface area contributed by atoms with Gasteiger partial charge in [-0.3, -0.25) is 4.79 Å². The fourth-order valence-electron chi connectivity index (χ4n) is 4.21. The Hall–Kier alpha value is -2.17. The summed E-state index contributed by atoms with van der Waals surface area (Å²) in [5.74, 6) is 0.922. The lowest BCUT2D eigenvalue weighted by Crippen LogP contribution is -2.37. The molecule has 0 radical (unpaired) electrons. The van der Waals surface area contributed by atoms with Crippen molar-refractivity contribution in [3.8, 4) is 11.3 Å². The van der Waals surface area contributed by atoms with Gasteiger partial charge < -0.3 is 9.42 Å². The highest BCUT2D eigenvalue weighted by Crippen LogP contribution is 2.58. The average Bonchev–Trinajstić information content (AvgIpc) is 3.23. The molecule has 2 heterocycles. The van der Waals surface area contributed by atoms with Crippen molar-refractivity contribution < 1.29 is 13.7 Å². The number of carbonyl (C=O) groups is 1. The summed E-state index contributed by atoms with van der Waals surface area (Å²) < 4.78 is 19.0. The first kappa shape index (κ1) is 16.3. The lowest BCUT2D eigenvalue weighted by molar-refractivity contribution is -0.134. The maximum Gasteiger partial charge on any atom is 0.226 e. The number of nitrogens with zero attached hydrogens (tertiary/aromatic N) is 2. The van der Waals surface area contributed by atoms with Gasteiger partial charge in [0.25, 0.3) is 0 Å². The molecule has 132 valence electrons. The first-order valence-corrected chi connectivity index (χ1v) is 9.10. The molecule has 25 heavy (non-hydrogen) atoms. The highest BCUT2D eigenvalue weighted by molar-refractivity contribution is 5.83. The molecule has 1 aliphatic heterocycles. The normalized spacial score (nSPS) is 21.1. The van der Waals surface area contributed by atoms with E-state index >= 15 is 0 Å². The van der Waals surface area contributed by atoms with Gasteiger partial charge in [-0.25, -0.2) is 4.39 Å². The molecular weight excluding hydrogens is 319 g/mol. The van der Waals surface area contributed by atoms with Crippen molar-refractivity contribution in [3.05, 3.63) is 41.4 Å². The Morgan fingerprint density at radius 3 is 2.88 bits per heavy atom. The highest BCUT2D eigenvalue weighted by Gasteiger charge is 2.56. The van der Waals surface area contributed by atoms with Gasteiger partial charge in [0.05, 0.1) is 6.54 Å². The molecule has 1 atom stereocenters. The monoisotopic (exact) mass is 342 g/mol. The van der Waals surface area contributed by atoms with E-state index in [2.05, 4.69) is 19.0 Å². The van der Waals surface area contributed by atoms with E-state index in [-0.39, 0.29) is 23.1 Å². The molecule has 4 nitrogen and oxygen atoms in total. The predicted molar refractivity (Wildman–Crippen MR) is 92.1 cm³/mol. The number of aromatic nitrogens is 1. The van der Waals surface area contributed by atoms with Crippen LogP contribution in [0.5, 0.6) is 0 Å². The van der Waals surface area contributed by atoms with Gasteiger partial charge >= 0.3 is 0 Å². The van der Waals surface area contributed by atoms with Crippen LogP contribution in [0.25, 0.3) is 11.3 Å². The van der Waals surface area contributed by atoms with Crippen molar-refractivity contribution in [2.24, 2.45) is 11.3 Å². The van der Waals surface area contributed by atoms with Gasteiger partial charge in [-0.1, -0.05) is 31.1 Å². The molecule has 0 bridgehead atoms. The first-order valence-electron chi connectivity index (χ1n) is 9.10. The third-order valence-electron chi connectivity index (χ3n) is 6.13. The Bertz CT molecular complexity index is 810. The Morgan fingerprint density at radius 2 is 2.20 bits per heavy atom. The van der Waals surface area contributed by atoms with Crippen LogP contribution in [-0.4, -0.2) is 22.5 Å². The van der Waals surface area contributed by atoms with Crippen LogP contribution in [0.4, 0.5) is 4.39 Å². The minimum absolute atomic E-state index is 0.154. The van der Waals surface area contributed by atoms with Crippen molar-refractivity contribution in [1.29, 1.82) is 0 Å². The molecular formula is C20H23FN2O2. The van der Waals surface area contributed by atoms with E-state index in [4.69, 9.17) is 4.52 Å². The standard InChI is InChI=1S/C20H23FN2O2/c1-3-20(4-2)11-16(20)19(24)23-9-8-17-15(12-23)18(22-25-17)13-6-5-7-14(21)10-13/h5-7,10,16H,3-4,8-9,11-12H2,1-2H3/t16-/m1/s1. The fraction of sp³-hybridized carbons (Fsp3) is 0.500. The molecule has 2 aromatic rings. The van der Waals surface area contributed by atoms with Crippen LogP contribution >= 0.6 is 0 Å². The number of rotatable bonds is 4. The molecule has 1 fully saturated rings. The maximum atomic E-state index is 13.6. The van der Waals surface area contributed by atoms with Gasteiger partial charge in [-0.15, -0.1) is 0 Å². The largest absolute Gasteiger partial charge is 0.360 e. The number of carbonyl (C=O) groups excluding carboxylic acids is 1. The third-order valence-corrected chi connectivity index (χ3v) is 6.13. The van der Waals surface area contributed by atoms with Gasteiger partial charge in [0.2, 0.25) is 5.91 Å². The summed E-state index contributed by atoms with van der Waals surface area (Å²) in [5.41, 5.74) is 2.48. The van der Waals surface area contributed by atoms with Crippen molar-refractivity contribution in [3.63, 3.8) is 0 Å². The van der Waals surface area contributed by atoms with Crippen LogP contribution in [0.3, 0.4) is 0 Å². The number of benzene rings is 1. The predicted octanol–water partition coefficient (Wildman–Crippen LogP) is 4.19. The van der Waals surface area contributed by atoms with Crippen LogP contribution in [0, 0.1) is 17.2 Å². The summed E-state index contributed by atoms with van der Waals surface area (Å²) in [4.78, 5) is 14.9. The minimum atomic E-state index is -0.299. The lowest BCUT2D eigenvalue weighted by Gasteiger charge is -2.27. The number of hydrogen-bond acceptors (Lipinski definition) is 3. The zero-order valence-corrected chi connectivity index (χ0v) is 14.7. The summed E-state index contributed by atoms with van der Waals surface area (Å²) in [5, 5.41) is 4.14. The Balaban J connectivity index is 1.57. The summed E-state index contributed by atoms with van der Waals surface area (Å²) in [6.45, 7) is 5.52. The van der Waals surface area contributed by atoms with E-state index in [9.17, 15) is 9.18 Å². The Kier molecular flexibility index (Phi) is 3.89. The van der Waals surface area contributed by atoms with Gasteiger partial charge in [0, 0.05) is 30.0 Å².